The molecule has 4 heteroatoms. The second kappa shape index (κ2) is 2.73. The van der Waals surface area contributed by atoms with Crippen molar-refractivity contribution in [2.24, 2.45) is 0 Å². The van der Waals surface area contributed by atoms with Gasteiger partial charge < -0.3 is 4.74 Å². The Labute approximate surface area is 75.9 Å². The van der Waals surface area contributed by atoms with E-state index in [2.05, 4.69) is 4.74 Å². The molecular formula is C9H6BO3. The minimum absolute atomic E-state index is 0.357. The molecule has 2 rings (SSSR count). The maximum Gasteiger partial charge on any atom is 0.346 e. The monoisotopic (exact) mass is 173 g/mol. The van der Waals surface area contributed by atoms with Crippen LogP contribution in [0.1, 0.15) is 20.7 Å². The third-order valence-corrected chi connectivity index (χ3v) is 2.00. The average molecular weight is 173 g/mol. The third kappa shape index (κ3) is 1.14. The van der Waals surface area contributed by atoms with Gasteiger partial charge in [-0.2, -0.15) is 0 Å². The van der Waals surface area contributed by atoms with Crippen molar-refractivity contribution in [3.8, 4) is 0 Å². The lowest BCUT2D eigenvalue weighted by atomic mass is 9.72. The summed E-state index contributed by atoms with van der Waals surface area (Å²) >= 11 is 0. The highest BCUT2D eigenvalue weighted by Gasteiger charge is 2.29. The second-order valence-electron chi connectivity index (χ2n) is 2.77. The Morgan fingerprint density at radius 3 is 2.54 bits per heavy atom. The summed E-state index contributed by atoms with van der Waals surface area (Å²) in [6.07, 6.45) is 0. The van der Waals surface area contributed by atoms with Gasteiger partial charge in [0, 0.05) is 0 Å². The lowest BCUT2D eigenvalue weighted by Crippen LogP contribution is -2.12. The molecule has 1 radical (unpaired) electrons. The maximum atomic E-state index is 11.1. The summed E-state index contributed by atoms with van der Waals surface area (Å²) in [7, 11) is 1.86. The van der Waals surface area contributed by atoms with Crippen LogP contribution in [-0.2, 0) is 4.74 Å². The standard InChI is InChI=1S/C9H6BO3/c1-10-5-2-3-6-7(4-5)9(12)13-8(6)11/h2-4H,1H3. The van der Waals surface area contributed by atoms with Gasteiger partial charge in [0.2, 0.25) is 0 Å². The molecule has 1 heterocycles. The first-order chi connectivity index (χ1) is 6.22. The van der Waals surface area contributed by atoms with Crippen molar-refractivity contribution in [3.63, 3.8) is 0 Å². The van der Waals surface area contributed by atoms with Gasteiger partial charge in [0.25, 0.3) is 0 Å². The van der Waals surface area contributed by atoms with Crippen molar-refractivity contribution in [1.29, 1.82) is 0 Å². The lowest BCUT2D eigenvalue weighted by Gasteiger charge is -1.95. The third-order valence-electron chi connectivity index (χ3n) is 2.00. The Morgan fingerprint density at radius 1 is 1.15 bits per heavy atom. The summed E-state index contributed by atoms with van der Waals surface area (Å²) < 4.78 is 4.44. The topological polar surface area (TPSA) is 43.4 Å². The molecule has 13 heavy (non-hydrogen) atoms. The summed E-state index contributed by atoms with van der Waals surface area (Å²) in [5.74, 6) is -1.11. The van der Waals surface area contributed by atoms with Crippen LogP contribution < -0.4 is 5.46 Å². The van der Waals surface area contributed by atoms with E-state index in [4.69, 9.17) is 0 Å². The van der Waals surface area contributed by atoms with E-state index in [1.807, 2.05) is 14.1 Å². The zero-order valence-electron chi connectivity index (χ0n) is 7.03. The van der Waals surface area contributed by atoms with E-state index in [0.29, 0.717) is 11.1 Å². The van der Waals surface area contributed by atoms with Crippen molar-refractivity contribution >= 4 is 24.7 Å². The van der Waals surface area contributed by atoms with E-state index in [0.717, 1.165) is 5.46 Å². The number of hydrogen-bond donors (Lipinski definition) is 0. The van der Waals surface area contributed by atoms with Crippen molar-refractivity contribution < 1.29 is 14.3 Å². The van der Waals surface area contributed by atoms with Crippen LogP contribution in [-0.4, -0.2) is 19.2 Å². The minimum Gasteiger partial charge on any atom is -0.386 e. The molecule has 3 nitrogen and oxygen atoms in total. The summed E-state index contributed by atoms with van der Waals surface area (Å²) in [6, 6.07) is 5.04. The number of benzene rings is 1. The summed E-state index contributed by atoms with van der Waals surface area (Å²) in [4.78, 5) is 22.1. The van der Waals surface area contributed by atoms with Gasteiger partial charge >= 0.3 is 11.9 Å². The number of rotatable bonds is 1. The highest BCUT2D eigenvalue weighted by atomic mass is 16.6. The molecule has 63 valence electrons. The summed E-state index contributed by atoms with van der Waals surface area (Å²) in [5.41, 5.74) is 1.63. The summed E-state index contributed by atoms with van der Waals surface area (Å²) in [5, 5.41) is 0. The van der Waals surface area contributed by atoms with Crippen molar-refractivity contribution in [2.75, 3.05) is 0 Å². The SMILES string of the molecule is C[B]c1ccc2c(c1)C(=O)OC2=O. The number of carbonyl (C=O) groups excluding carboxylic acids is 2. The molecule has 0 aliphatic carbocycles. The zero-order valence-corrected chi connectivity index (χ0v) is 7.03. The van der Waals surface area contributed by atoms with Gasteiger partial charge in [-0.1, -0.05) is 24.4 Å². The predicted molar refractivity (Wildman–Crippen MR) is 47.4 cm³/mol. The molecule has 0 atom stereocenters. The Morgan fingerprint density at radius 2 is 1.85 bits per heavy atom. The average Bonchev–Trinajstić information content (AvgIpc) is 2.42. The number of ether oxygens (including phenoxy) is 1. The molecule has 1 aromatic rings. The van der Waals surface area contributed by atoms with E-state index in [1.165, 1.54) is 0 Å². The van der Waals surface area contributed by atoms with E-state index < -0.39 is 11.9 Å². The Bertz CT molecular complexity index is 398. The van der Waals surface area contributed by atoms with Gasteiger partial charge in [-0.3, -0.25) is 0 Å². The van der Waals surface area contributed by atoms with Crippen molar-refractivity contribution in [1.82, 2.24) is 0 Å². The fourth-order valence-corrected chi connectivity index (χ4v) is 1.28. The normalized spacial score (nSPS) is 13.9. The highest BCUT2D eigenvalue weighted by molar-refractivity contribution is 6.52. The Balaban J connectivity index is 2.58. The largest absolute Gasteiger partial charge is 0.386 e. The van der Waals surface area contributed by atoms with Crippen LogP contribution in [0.5, 0.6) is 0 Å². The molecule has 0 saturated heterocycles. The van der Waals surface area contributed by atoms with E-state index in [-0.39, 0.29) is 0 Å². The van der Waals surface area contributed by atoms with Gasteiger partial charge in [0.1, 0.15) is 7.28 Å². The molecule has 0 bridgehead atoms. The summed E-state index contributed by atoms with van der Waals surface area (Å²) in [6.45, 7) is 1.86. The van der Waals surface area contributed by atoms with Gasteiger partial charge in [-0.15, -0.1) is 0 Å². The molecule has 1 aromatic carbocycles. The molecule has 0 N–H and O–H groups in total. The Kier molecular flexibility index (Phi) is 1.69. The fraction of sp³-hybridized carbons (Fsp3) is 0.111. The first-order valence-electron chi connectivity index (χ1n) is 3.92. The van der Waals surface area contributed by atoms with Gasteiger partial charge in [-0.05, 0) is 6.07 Å². The molecule has 0 fully saturated rings. The fourth-order valence-electron chi connectivity index (χ4n) is 1.28. The molecule has 0 spiro atoms. The van der Waals surface area contributed by atoms with E-state index in [1.54, 1.807) is 18.2 Å². The van der Waals surface area contributed by atoms with Crippen LogP contribution in [0.15, 0.2) is 18.2 Å². The quantitative estimate of drug-likeness (QED) is 0.350. The number of carbonyl (C=O) groups is 2. The predicted octanol–water partition coefficient (Wildman–Crippen LogP) is 0.375. The zero-order chi connectivity index (χ0) is 9.42. The van der Waals surface area contributed by atoms with Crippen LogP contribution in [0, 0.1) is 0 Å². The first kappa shape index (κ1) is 8.04. The number of fused-ring (bicyclic) bond motifs is 1. The van der Waals surface area contributed by atoms with Crippen LogP contribution in [0.3, 0.4) is 0 Å². The Hall–Kier alpha value is -1.58. The first-order valence-corrected chi connectivity index (χ1v) is 3.92. The van der Waals surface area contributed by atoms with Gasteiger partial charge in [-0.25, -0.2) is 9.59 Å². The lowest BCUT2D eigenvalue weighted by molar-refractivity contribution is 0.0444. The molecule has 1 aliphatic rings. The molecule has 1 aliphatic heterocycles. The van der Waals surface area contributed by atoms with Gasteiger partial charge in [0.05, 0.1) is 11.1 Å². The van der Waals surface area contributed by atoms with Crippen molar-refractivity contribution in [3.05, 3.63) is 29.3 Å². The highest BCUT2D eigenvalue weighted by Crippen LogP contribution is 2.17. The van der Waals surface area contributed by atoms with Crippen LogP contribution in [0.2, 0.25) is 6.82 Å². The van der Waals surface area contributed by atoms with Gasteiger partial charge in [0.15, 0.2) is 0 Å². The van der Waals surface area contributed by atoms with Crippen LogP contribution in [0.4, 0.5) is 0 Å². The van der Waals surface area contributed by atoms with Crippen LogP contribution >= 0.6 is 0 Å². The molecule has 0 amide bonds. The smallest absolute Gasteiger partial charge is 0.346 e. The van der Waals surface area contributed by atoms with Crippen LogP contribution in [0.25, 0.3) is 0 Å². The molecule has 0 aromatic heterocycles. The molecular weight excluding hydrogens is 167 g/mol. The van der Waals surface area contributed by atoms with Crippen molar-refractivity contribution in [2.45, 2.75) is 6.82 Å². The second-order valence-corrected chi connectivity index (χ2v) is 2.77. The number of hydrogen-bond acceptors (Lipinski definition) is 3. The maximum absolute atomic E-state index is 11.1. The van der Waals surface area contributed by atoms with E-state index >= 15 is 0 Å². The molecule has 0 unspecified atom stereocenters. The number of esters is 2. The number of cyclic esters (lactones) is 2. The minimum atomic E-state index is -0.553. The molecule has 0 saturated carbocycles. The van der Waals surface area contributed by atoms with E-state index in [9.17, 15) is 9.59 Å².